The Kier molecular flexibility index (Phi) is 5.74. The van der Waals surface area contributed by atoms with E-state index in [4.69, 9.17) is 9.15 Å². The summed E-state index contributed by atoms with van der Waals surface area (Å²) in [6.07, 6.45) is 0. The van der Waals surface area contributed by atoms with Crippen LogP contribution in [0.1, 0.15) is 45.9 Å². The number of hydrogen-bond donors (Lipinski definition) is 3. The molecule has 0 aliphatic carbocycles. The van der Waals surface area contributed by atoms with Crippen LogP contribution in [0.5, 0.6) is 5.75 Å². The highest BCUT2D eigenvalue weighted by Crippen LogP contribution is 2.35. The van der Waals surface area contributed by atoms with Crippen molar-refractivity contribution >= 4 is 34.8 Å². The maximum Gasteiger partial charge on any atom is 0.335 e. The molecule has 4 amide bonds. The first kappa shape index (κ1) is 22.8. The van der Waals surface area contributed by atoms with E-state index in [-0.39, 0.29) is 35.9 Å². The fourth-order valence-electron chi connectivity index (χ4n) is 4.11. The Balaban J connectivity index is 0.00000133. The number of methoxy groups -OCH3 is 1. The van der Waals surface area contributed by atoms with E-state index in [2.05, 4.69) is 10.6 Å². The van der Waals surface area contributed by atoms with Crippen LogP contribution in [0.3, 0.4) is 0 Å². The van der Waals surface area contributed by atoms with Crippen LogP contribution in [0.15, 0.2) is 46.9 Å². The highest BCUT2D eigenvalue weighted by Gasteiger charge is 2.53. The lowest BCUT2D eigenvalue weighted by Gasteiger charge is -2.29. The van der Waals surface area contributed by atoms with Gasteiger partial charge < -0.3 is 24.5 Å². The first-order valence-electron chi connectivity index (χ1n) is 10.7. The van der Waals surface area contributed by atoms with Crippen molar-refractivity contribution in [3.8, 4) is 5.75 Å². The third-order valence-electron chi connectivity index (χ3n) is 5.75. The maximum atomic E-state index is 13.0. The Hall–Kier alpha value is -4.34. The average Bonchev–Trinajstić information content (AvgIpc) is 3.48. The van der Waals surface area contributed by atoms with Crippen molar-refractivity contribution < 1.29 is 33.4 Å². The van der Waals surface area contributed by atoms with Crippen molar-refractivity contribution in [3.63, 3.8) is 0 Å². The van der Waals surface area contributed by atoms with E-state index in [1.54, 1.807) is 30.3 Å². The number of urea groups is 1. The zero-order valence-electron chi connectivity index (χ0n) is 18.8. The molecule has 10 heteroatoms. The van der Waals surface area contributed by atoms with Crippen LogP contribution < -0.4 is 15.4 Å². The quantitative estimate of drug-likeness (QED) is 0.493. The van der Waals surface area contributed by atoms with Crippen molar-refractivity contribution in [3.05, 3.63) is 64.9 Å². The van der Waals surface area contributed by atoms with E-state index in [1.165, 1.54) is 24.1 Å². The number of ether oxygens (including phenoxy) is 1. The van der Waals surface area contributed by atoms with E-state index >= 15 is 0 Å². The molecule has 10 nitrogen and oxygen atoms in total. The van der Waals surface area contributed by atoms with Crippen molar-refractivity contribution in [1.29, 1.82) is 0 Å². The van der Waals surface area contributed by atoms with Gasteiger partial charge in [-0.3, -0.25) is 14.9 Å². The monoisotopic (exact) mass is 465 g/mol. The first-order valence-corrected chi connectivity index (χ1v) is 10.7. The summed E-state index contributed by atoms with van der Waals surface area (Å²) in [5, 5.41) is 14.6. The Morgan fingerprint density at radius 2 is 1.91 bits per heavy atom. The molecule has 3 N–H and O–H groups in total. The van der Waals surface area contributed by atoms with E-state index in [0.717, 1.165) is 5.56 Å². The average molecular weight is 465 g/mol. The largest absolute Gasteiger partial charge is 0.497 e. The molecule has 1 aromatic heterocycles. The van der Waals surface area contributed by atoms with Crippen molar-refractivity contribution in [2.24, 2.45) is 0 Å². The molecule has 0 radical (unpaired) electrons. The maximum absolute atomic E-state index is 13.0. The van der Waals surface area contributed by atoms with Gasteiger partial charge in [-0.2, -0.15) is 0 Å². The van der Waals surface area contributed by atoms with Gasteiger partial charge in [0.25, 0.3) is 11.8 Å². The Bertz CT molecular complexity index is 1330. The van der Waals surface area contributed by atoms with Crippen LogP contribution in [0, 0.1) is 0 Å². The van der Waals surface area contributed by atoms with Gasteiger partial charge in [0, 0.05) is 17.5 Å². The molecule has 176 valence electrons. The second-order valence-electron chi connectivity index (χ2n) is 7.67. The highest BCUT2D eigenvalue weighted by atomic mass is 16.5. The lowest BCUT2D eigenvalue weighted by atomic mass is 9.95. The molecule has 34 heavy (non-hydrogen) atoms. The van der Waals surface area contributed by atoms with Crippen LogP contribution >= 0.6 is 0 Å². The van der Waals surface area contributed by atoms with Gasteiger partial charge in [0.2, 0.25) is 0 Å². The Morgan fingerprint density at radius 1 is 1.15 bits per heavy atom. The molecule has 2 aliphatic rings. The number of nitrogens with zero attached hydrogens (tertiary/aromatic N) is 1. The highest BCUT2D eigenvalue weighted by molar-refractivity contribution is 6.08. The Morgan fingerprint density at radius 3 is 2.56 bits per heavy atom. The van der Waals surface area contributed by atoms with Crippen LogP contribution in [0.4, 0.5) is 4.79 Å². The van der Waals surface area contributed by atoms with Gasteiger partial charge in [-0.1, -0.05) is 26.0 Å². The smallest absolute Gasteiger partial charge is 0.335 e. The lowest BCUT2D eigenvalue weighted by molar-refractivity contribution is -0.125. The van der Waals surface area contributed by atoms with Gasteiger partial charge in [-0.05, 0) is 35.9 Å². The second kappa shape index (κ2) is 8.54. The molecule has 3 aromatic rings. The third-order valence-corrected chi connectivity index (χ3v) is 5.75. The molecule has 1 atom stereocenters. The van der Waals surface area contributed by atoms with Crippen LogP contribution in [0.25, 0.3) is 11.0 Å². The number of furan rings is 1. The van der Waals surface area contributed by atoms with Gasteiger partial charge >= 0.3 is 12.0 Å². The number of carboxylic acids is 1. The number of carboxylic acid groups (broad SMARTS) is 1. The van der Waals surface area contributed by atoms with Gasteiger partial charge in [0.1, 0.15) is 17.1 Å². The molecule has 0 unspecified atom stereocenters. The number of benzene rings is 2. The minimum atomic E-state index is -1.67. The van der Waals surface area contributed by atoms with E-state index < -0.39 is 23.4 Å². The molecule has 1 saturated heterocycles. The van der Waals surface area contributed by atoms with Crippen molar-refractivity contribution in [2.45, 2.75) is 25.9 Å². The first-order chi connectivity index (χ1) is 16.3. The molecule has 1 fully saturated rings. The Labute approximate surface area is 194 Å². The summed E-state index contributed by atoms with van der Waals surface area (Å²) in [4.78, 5) is 50.8. The number of rotatable bonds is 5. The fraction of sp³-hybridized carbons (Fsp3) is 0.250. The molecule has 0 bridgehead atoms. The van der Waals surface area contributed by atoms with Crippen LogP contribution in [0.2, 0.25) is 0 Å². The predicted molar refractivity (Wildman–Crippen MR) is 121 cm³/mol. The summed E-state index contributed by atoms with van der Waals surface area (Å²) < 4.78 is 11.0. The molecule has 2 aliphatic heterocycles. The summed E-state index contributed by atoms with van der Waals surface area (Å²) in [6, 6.07) is 10.3. The van der Waals surface area contributed by atoms with E-state index in [9.17, 15) is 24.3 Å². The summed E-state index contributed by atoms with van der Waals surface area (Å²) in [7, 11) is 1.50. The topological polar surface area (TPSA) is 138 Å². The van der Waals surface area contributed by atoms with Gasteiger partial charge in [0.05, 0.1) is 19.2 Å². The number of fused-ring (bicyclic) bond motifs is 2. The molecule has 0 saturated carbocycles. The summed E-state index contributed by atoms with van der Waals surface area (Å²) in [6.45, 7) is 4.07. The second-order valence-corrected chi connectivity index (χ2v) is 7.67. The zero-order chi connectivity index (χ0) is 24.6. The van der Waals surface area contributed by atoms with Gasteiger partial charge in [0.15, 0.2) is 5.54 Å². The SMILES string of the molecule is CC.COc1ccc2c(c1)C(=O)N(C[C@@]1(c3cc4ccc(C(=O)O)cc4o3)NC(=O)NC1=O)C2. The van der Waals surface area contributed by atoms with E-state index in [0.29, 0.717) is 16.7 Å². The third kappa shape index (κ3) is 3.62. The molecular formula is C24H23N3O7. The molecule has 3 heterocycles. The molecule has 0 spiro atoms. The predicted octanol–water partition coefficient (Wildman–Crippen LogP) is 2.86. The minimum Gasteiger partial charge on any atom is -0.497 e. The fourth-order valence-corrected chi connectivity index (χ4v) is 4.11. The van der Waals surface area contributed by atoms with Crippen molar-refractivity contribution in [2.75, 3.05) is 13.7 Å². The molecule has 5 rings (SSSR count). The molecular weight excluding hydrogens is 442 g/mol. The number of hydrogen-bond acceptors (Lipinski definition) is 6. The minimum absolute atomic E-state index is 0.0199. The zero-order valence-corrected chi connectivity index (χ0v) is 18.8. The van der Waals surface area contributed by atoms with Crippen molar-refractivity contribution in [1.82, 2.24) is 15.5 Å². The lowest BCUT2D eigenvalue weighted by Crippen LogP contribution is -2.52. The van der Waals surface area contributed by atoms with Crippen LogP contribution in [-0.4, -0.2) is 47.5 Å². The normalized spacial score (nSPS) is 18.8. The van der Waals surface area contributed by atoms with E-state index in [1.807, 2.05) is 13.8 Å². The summed E-state index contributed by atoms with van der Waals surface area (Å²) in [5.74, 6) is -1.47. The number of imide groups is 1. The summed E-state index contributed by atoms with van der Waals surface area (Å²) >= 11 is 0. The number of amides is 4. The summed E-state index contributed by atoms with van der Waals surface area (Å²) in [5.41, 5.74) is -0.173. The molecule has 2 aromatic carbocycles. The van der Waals surface area contributed by atoms with Crippen LogP contribution in [-0.2, 0) is 16.9 Å². The van der Waals surface area contributed by atoms with Gasteiger partial charge in [-0.15, -0.1) is 0 Å². The standard InChI is InChI=1S/C22H17N3O7.C2H6/c1-31-14-5-4-13-9-25(18(26)15(13)8-14)10-22(20(29)23-21(30)24-22)17-7-11-2-3-12(19(27)28)6-16(11)32-17;1-2/h2-8H,9-10H2,1H3,(H,27,28)(H2,23,24,29,30);1-2H3/t22-;/m0./s1. The number of nitrogens with one attached hydrogen (secondary N) is 2. The number of carbonyl (C=O) groups excluding carboxylic acids is 3. The number of carbonyl (C=O) groups is 4. The van der Waals surface area contributed by atoms with Gasteiger partial charge in [-0.25, -0.2) is 9.59 Å². The number of aromatic carboxylic acids is 1.